The molecule has 0 aromatic heterocycles. The average molecular weight is 263 g/mol. The lowest BCUT2D eigenvalue weighted by atomic mass is 9.81. The van der Waals surface area contributed by atoms with Crippen LogP contribution < -0.4 is 5.32 Å². The molecule has 1 N–H and O–H groups in total. The van der Waals surface area contributed by atoms with Crippen LogP contribution in [0.15, 0.2) is 24.3 Å². The highest BCUT2D eigenvalue weighted by Crippen LogP contribution is 2.30. The maximum absolute atomic E-state index is 12.8. The van der Waals surface area contributed by atoms with Crippen molar-refractivity contribution in [3.8, 4) is 0 Å². The Hall–Kier alpha value is -1.38. The first-order valence-electron chi connectivity index (χ1n) is 7.22. The number of halogens is 1. The van der Waals surface area contributed by atoms with Gasteiger partial charge in [0.15, 0.2) is 0 Å². The van der Waals surface area contributed by atoms with Crippen molar-refractivity contribution >= 4 is 5.91 Å². The van der Waals surface area contributed by atoms with Crippen LogP contribution in [0.5, 0.6) is 0 Å². The Kier molecular flexibility index (Phi) is 4.94. The predicted molar refractivity (Wildman–Crippen MR) is 74.5 cm³/mol. The third-order valence-corrected chi connectivity index (χ3v) is 4.20. The molecule has 0 radical (unpaired) electrons. The summed E-state index contributed by atoms with van der Waals surface area (Å²) >= 11 is 0. The van der Waals surface area contributed by atoms with Crippen LogP contribution in [0.1, 0.15) is 49.4 Å². The topological polar surface area (TPSA) is 29.1 Å². The van der Waals surface area contributed by atoms with E-state index in [-0.39, 0.29) is 11.7 Å². The van der Waals surface area contributed by atoms with Crippen molar-refractivity contribution < 1.29 is 9.18 Å². The van der Waals surface area contributed by atoms with Gasteiger partial charge in [-0.15, -0.1) is 0 Å². The summed E-state index contributed by atoms with van der Waals surface area (Å²) < 4.78 is 12.8. The van der Waals surface area contributed by atoms with Crippen LogP contribution in [0.4, 0.5) is 4.39 Å². The molecule has 1 amide bonds. The van der Waals surface area contributed by atoms with Crippen LogP contribution >= 0.6 is 0 Å². The number of carbonyl (C=O) groups is 1. The number of benzene rings is 1. The van der Waals surface area contributed by atoms with E-state index in [4.69, 9.17) is 0 Å². The van der Waals surface area contributed by atoms with Gasteiger partial charge in [0.1, 0.15) is 5.82 Å². The molecule has 0 spiro atoms. The van der Waals surface area contributed by atoms with Gasteiger partial charge in [0.25, 0.3) is 5.91 Å². The van der Waals surface area contributed by atoms with Crippen LogP contribution in [0, 0.1) is 17.7 Å². The van der Waals surface area contributed by atoms with Crippen LogP contribution in [0.3, 0.4) is 0 Å². The Morgan fingerprint density at radius 2 is 1.74 bits per heavy atom. The molecule has 1 aromatic rings. The normalized spacial score (nSPS) is 23.1. The van der Waals surface area contributed by atoms with Gasteiger partial charge in [0, 0.05) is 12.1 Å². The number of hydrogen-bond donors (Lipinski definition) is 1. The van der Waals surface area contributed by atoms with Crippen molar-refractivity contribution in [3.05, 3.63) is 35.6 Å². The molecule has 1 fully saturated rings. The summed E-state index contributed by atoms with van der Waals surface area (Å²) in [6, 6.07) is 5.69. The second kappa shape index (κ2) is 6.69. The average Bonchev–Trinajstić information content (AvgIpc) is 2.46. The monoisotopic (exact) mass is 263 g/mol. The van der Waals surface area contributed by atoms with E-state index in [9.17, 15) is 9.18 Å². The SMILES string of the molecule is CCC1CCC(CNC(=O)c2ccc(F)cc2)CC1. The number of nitrogens with one attached hydrogen (secondary N) is 1. The van der Waals surface area contributed by atoms with Gasteiger partial charge in [0.2, 0.25) is 0 Å². The first-order valence-corrected chi connectivity index (χ1v) is 7.22. The minimum atomic E-state index is -0.311. The third-order valence-electron chi connectivity index (χ3n) is 4.20. The lowest BCUT2D eigenvalue weighted by molar-refractivity contribution is 0.0941. The second-order valence-electron chi connectivity index (χ2n) is 5.51. The summed E-state index contributed by atoms with van der Waals surface area (Å²) in [5.41, 5.74) is 0.531. The Balaban J connectivity index is 1.76. The number of hydrogen-bond acceptors (Lipinski definition) is 1. The van der Waals surface area contributed by atoms with E-state index in [1.807, 2.05) is 0 Å². The van der Waals surface area contributed by atoms with Crippen molar-refractivity contribution in [1.82, 2.24) is 5.32 Å². The van der Waals surface area contributed by atoms with Crippen LogP contribution in [-0.4, -0.2) is 12.5 Å². The zero-order chi connectivity index (χ0) is 13.7. The van der Waals surface area contributed by atoms with Gasteiger partial charge in [-0.2, -0.15) is 0 Å². The molecule has 2 rings (SSSR count). The lowest BCUT2D eigenvalue weighted by Crippen LogP contribution is -2.31. The Bertz CT molecular complexity index is 407. The van der Waals surface area contributed by atoms with E-state index in [1.165, 1.54) is 56.4 Å². The molecule has 1 aromatic carbocycles. The Morgan fingerprint density at radius 1 is 1.16 bits per heavy atom. The predicted octanol–water partition coefficient (Wildman–Crippen LogP) is 3.77. The molecule has 0 atom stereocenters. The Morgan fingerprint density at radius 3 is 2.32 bits per heavy atom. The Labute approximate surface area is 114 Å². The quantitative estimate of drug-likeness (QED) is 0.880. The summed E-state index contributed by atoms with van der Waals surface area (Å²) in [5.74, 6) is 1.07. The van der Waals surface area contributed by atoms with Gasteiger partial charge < -0.3 is 5.32 Å². The highest BCUT2D eigenvalue weighted by molar-refractivity contribution is 5.94. The van der Waals surface area contributed by atoms with Crippen molar-refractivity contribution in [2.24, 2.45) is 11.8 Å². The molecule has 19 heavy (non-hydrogen) atoms. The van der Waals surface area contributed by atoms with Crippen molar-refractivity contribution in [2.45, 2.75) is 39.0 Å². The fraction of sp³-hybridized carbons (Fsp3) is 0.562. The first-order chi connectivity index (χ1) is 9.19. The lowest BCUT2D eigenvalue weighted by Gasteiger charge is -2.27. The summed E-state index contributed by atoms with van der Waals surface area (Å²) in [4.78, 5) is 11.9. The van der Waals surface area contributed by atoms with Crippen molar-refractivity contribution in [2.75, 3.05) is 6.54 Å². The van der Waals surface area contributed by atoms with Gasteiger partial charge in [0.05, 0.1) is 0 Å². The largest absolute Gasteiger partial charge is 0.352 e. The van der Waals surface area contributed by atoms with Gasteiger partial charge in [-0.05, 0) is 48.9 Å². The summed E-state index contributed by atoms with van der Waals surface area (Å²) in [6.07, 6.45) is 6.26. The zero-order valence-corrected chi connectivity index (χ0v) is 11.5. The molecule has 1 aliphatic rings. The maximum Gasteiger partial charge on any atom is 0.251 e. The first kappa shape index (κ1) is 14.0. The molecule has 0 unspecified atom stereocenters. The molecule has 1 aliphatic carbocycles. The minimum Gasteiger partial charge on any atom is -0.352 e. The molecule has 0 heterocycles. The third kappa shape index (κ3) is 4.05. The molecular formula is C16H22FNO. The van der Waals surface area contributed by atoms with E-state index in [0.717, 1.165) is 12.5 Å². The highest BCUT2D eigenvalue weighted by atomic mass is 19.1. The molecule has 2 nitrogen and oxygen atoms in total. The minimum absolute atomic E-state index is 0.0994. The maximum atomic E-state index is 12.8. The second-order valence-corrected chi connectivity index (χ2v) is 5.51. The van der Waals surface area contributed by atoms with E-state index in [0.29, 0.717) is 11.5 Å². The smallest absolute Gasteiger partial charge is 0.251 e. The van der Waals surface area contributed by atoms with E-state index >= 15 is 0 Å². The van der Waals surface area contributed by atoms with Gasteiger partial charge >= 0.3 is 0 Å². The molecule has 0 aliphatic heterocycles. The highest BCUT2D eigenvalue weighted by Gasteiger charge is 2.20. The molecule has 0 bridgehead atoms. The van der Waals surface area contributed by atoms with Crippen LogP contribution in [0.2, 0.25) is 0 Å². The molecule has 104 valence electrons. The van der Waals surface area contributed by atoms with Crippen LogP contribution in [0.25, 0.3) is 0 Å². The summed E-state index contributed by atoms with van der Waals surface area (Å²) in [5, 5.41) is 2.96. The van der Waals surface area contributed by atoms with Crippen molar-refractivity contribution in [1.29, 1.82) is 0 Å². The van der Waals surface area contributed by atoms with Gasteiger partial charge in [-0.25, -0.2) is 4.39 Å². The summed E-state index contributed by atoms with van der Waals surface area (Å²) in [6.45, 7) is 2.99. The fourth-order valence-corrected chi connectivity index (χ4v) is 2.78. The number of carbonyl (C=O) groups excluding carboxylic acids is 1. The van der Waals surface area contributed by atoms with Gasteiger partial charge in [-0.3, -0.25) is 4.79 Å². The van der Waals surface area contributed by atoms with E-state index < -0.39 is 0 Å². The molecule has 1 saturated carbocycles. The zero-order valence-electron chi connectivity index (χ0n) is 11.5. The number of rotatable bonds is 4. The van der Waals surface area contributed by atoms with Gasteiger partial charge in [-0.1, -0.05) is 26.2 Å². The number of amides is 1. The molecular weight excluding hydrogens is 241 g/mol. The van der Waals surface area contributed by atoms with E-state index in [1.54, 1.807) is 0 Å². The fourth-order valence-electron chi connectivity index (χ4n) is 2.78. The standard InChI is InChI=1S/C16H22FNO/c1-2-12-3-5-13(6-4-12)11-18-16(19)14-7-9-15(17)10-8-14/h7-10,12-13H,2-6,11H2,1H3,(H,18,19). The van der Waals surface area contributed by atoms with E-state index in [2.05, 4.69) is 12.2 Å². The van der Waals surface area contributed by atoms with Crippen molar-refractivity contribution in [3.63, 3.8) is 0 Å². The molecule has 3 heteroatoms. The summed E-state index contributed by atoms with van der Waals surface area (Å²) in [7, 11) is 0. The molecule has 0 saturated heterocycles. The van der Waals surface area contributed by atoms with Crippen LogP contribution in [-0.2, 0) is 0 Å².